The van der Waals surface area contributed by atoms with Crippen molar-refractivity contribution in [2.75, 3.05) is 13.2 Å². The lowest BCUT2D eigenvalue weighted by Crippen LogP contribution is -2.48. The maximum Gasteiger partial charge on any atom is 0.344 e. The summed E-state index contributed by atoms with van der Waals surface area (Å²) in [5.41, 5.74) is 1.28. The summed E-state index contributed by atoms with van der Waals surface area (Å²) in [6.45, 7) is 5.07. The number of ether oxygens (including phenoxy) is 2. The number of benzene rings is 2. The molecular formula is C24H23NO7. The molecule has 0 bridgehead atoms. The molecule has 32 heavy (non-hydrogen) atoms. The van der Waals surface area contributed by atoms with E-state index in [0.29, 0.717) is 21.9 Å². The van der Waals surface area contributed by atoms with Crippen molar-refractivity contribution < 1.29 is 28.3 Å². The molecule has 1 amide bonds. The van der Waals surface area contributed by atoms with Crippen molar-refractivity contribution >= 4 is 28.6 Å². The molecule has 1 N–H and O–H groups in total. The van der Waals surface area contributed by atoms with Crippen molar-refractivity contribution in [2.45, 2.75) is 26.8 Å². The maximum absolute atomic E-state index is 13.2. The van der Waals surface area contributed by atoms with Gasteiger partial charge in [-0.3, -0.25) is 4.79 Å². The van der Waals surface area contributed by atoms with E-state index in [1.54, 1.807) is 50.2 Å². The molecule has 2 aromatic carbocycles. The highest BCUT2D eigenvalue weighted by atomic mass is 16.6. The number of carbonyl (C=O) groups is 3. The lowest BCUT2D eigenvalue weighted by atomic mass is 9.97. The van der Waals surface area contributed by atoms with Crippen molar-refractivity contribution in [3.05, 3.63) is 70.3 Å². The molecule has 1 heterocycles. The van der Waals surface area contributed by atoms with Crippen LogP contribution >= 0.6 is 0 Å². The van der Waals surface area contributed by atoms with E-state index in [0.717, 1.165) is 5.56 Å². The van der Waals surface area contributed by atoms with Gasteiger partial charge in [0.15, 0.2) is 0 Å². The summed E-state index contributed by atoms with van der Waals surface area (Å²) in [7, 11) is 0. The predicted molar refractivity (Wildman–Crippen MR) is 117 cm³/mol. The van der Waals surface area contributed by atoms with Crippen molar-refractivity contribution in [1.29, 1.82) is 0 Å². The summed E-state index contributed by atoms with van der Waals surface area (Å²) in [6.07, 6.45) is 0. The van der Waals surface area contributed by atoms with Gasteiger partial charge in [-0.2, -0.15) is 0 Å². The van der Waals surface area contributed by atoms with E-state index in [4.69, 9.17) is 13.9 Å². The molecule has 0 radical (unpaired) electrons. The molecule has 8 nitrogen and oxygen atoms in total. The van der Waals surface area contributed by atoms with Gasteiger partial charge in [0, 0.05) is 10.9 Å². The minimum Gasteiger partial charge on any atom is -0.464 e. The quantitative estimate of drug-likeness (QED) is 0.447. The third-order valence-corrected chi connectivity index (χ3v) is 4.70. The third kappa shape index (κ3) is 4.69. The number of amides is 1. The van der Waals surface area contributed by atoms with Gasteiger partial charge in [0.05, 0.1) is 18.6 Å². The van der Waals surface area contributed by atoms with Crippen LogP contribution in [-0.2, 0) is 19.1 Å². The molecule has 0 spiro atoms. The van der Waals surface area contributed by atoms with Crippen LogP contribution in [0.2, 0.25) is 0 Å². The minimum atomic E-state index is -1.70. The Morgan fingerprint density at radius 2 is 1.47 bits per heavy atom. The molecule has 0 fully saturated rings. The summed E-state index contributed by atoms with van der Waals surface area (Å²) in [5.74, 6) is -3.19. The minimum absolute atomic E-state index is 0.00425. The van der Waals surface area contributed by atoms with Crippen LogP contribution in [0.3, 0.4) is 0 Å². The SMILES string of the molecule is CCOC(=O)C(NC(=O)c1oc(=O)c2ccccc2c1-c1ccc(C)cc1)C(=O)OCC. The molecule has 0 atom stereocenters. The number of nitrogens with one attached hydrogen (secondary N) is 1. The Kier molecular flexibility index (Phi) is 7.04. The third-order valence-electron chi connectivity index (χ3n) is 4.70. The van der Waals surface area contributed by atoms with E-state index < -0.39 is 29.5 Å². The van der Waals surface area contributed by atoms with Crippen molar-refractivity contribution in [1.82, 2.24) is 5.32 Å². The van der Waals surface area contributed by atoms with E-state index >= 15 is 0 Å². The number of esters is 2. The van der Waals surface area contributed by atoms with E-state index in [9.17, 15) is 19.2 Å². The lowest BCUT2D eigenvalue weighted by molar-refractivity contribution is -0.157. The largest absolute Gasteiger partial charge is 0.464 e. The molecule has 0 aliphatic carbocycles. The Balaban J connectivity index is 2.14. The van der Waals surface area contributed by atoms with Crippen LogP contribution in [0.5, 0.6) is 0 Å². The Bertz CT molecular complexity index is 1190. The topological polar surface area (TPSA) is 112 Å². The molecule has 0 aliphatic heterocycles. The van der Waals surface area contributed by atoms with Gasteiger partial charge in [-0.1, -0.05) is 48.0 Å². The predicted octanol–water partition coefficient (Wildman–Crippen LogP) is 2.99. The van der Waals surface area contributed by atoms with Crippen molar-refractivity contribution in [2.24, 2.45) is 0 Å². The Morgan fingerprint density at radius 1 is 0.906 bits per heavy atom. The molecule has 3 aromatic rings. The average molecular weight is 437 g/mol. The Hall–Kier alpha value is -3.94. The second-order valence-electron chi connectivity index (χ2n) is 6.92. The highest BCUT2D eigenvalue weighted by molar-refractivity contribution is 6.10. The number of rotatable bonds is 7. The van der Waals surface area contributed by atoms with Gasteiger partial charge >= 0.3 is 17.6 Å². The Labute approximate surface area is 184 Å². The van der Waals surface area contributed by atoms with Crippen LogP contribution in [0.4, 0.5) is 0 Å². The van der Waals surface area contributed by atoms with Crippen LogP contribution in [-0.4, -0.2) is 37.1 Å². The first-order chi connectivity index (χ1) is 15.4. The Morgan fingerprint density at radius 3 is 2.03 bits per heavy atom. The number of hydrogen-bond donors (Lipinski definition) is 1. The van der Waals surface area contributed by atoms with Crippen LogP contribution in [0, 0.1) is 6.92 Å². The average Bonchev–Trinajstić information content (AvgIpc) is 2.78. The number of carbonyl (C=O) groups excluding carboxylic acids is 3. The fourth-order valence-corrected chi connectivity index (χ4v) is 3.23. The smallest absolute Gasteiger partial charge is 0.344 e. The van der Waals surface area contributed by atoms with Crippen molar-refractivity contribution in [3.63, 3.8) is 0 Å². The van der Waals surface area contributed by atoms with E-state index in [2.05, 4.69) is 5.32 Å². The second-order valence-corrected chi connectivity index (χ2v) is 6.92. The number of hydrogen-bond acceptors (Lipinski definition) is 7. The summed E-state index contributed by atoms with van der Waals surface area (Å²) in [4.78, 5) is 50.3. The van der Waals surface area contributed by atoms with Gasteiger partial charge in [-0.15, -0.1) is 0 Å². The molecular weight excluding hydrogens is 414 g/mol. The molecule has 0 saturated carbocycles. The first-order valence-electron chi connectivity index (χ1n) is 10.1. The van der Waals surface area contributed by atoms with Gasteiger partial charge < -0.3 is 19.2 Å². The van der Waals surface area contributed by atoms with Crippen LogP contribution in [0.1, 0.15) is 30.0 Å². The molecule has 0 unspecified atom stereocenters. The zero-order valence-electron chi connectivity index (χ0n) is 18.0. The fraction of sp³-hybridized carbons (Fsp3) is 0.250. The fourth-order valence-electron chi connectivity index (χ4n) is 3.23. The van der Waals surface area contributed by atoms with Gasteiger partial charge in [-0.05, 0) is 32.4 Å². The number of aryl methyl sites for hydroxylation is 1. The van der Waals surface area contributed by atoms with Gasteiger partial charge in [0.1, 0.15) is 0 Å². The van der Waals surface area contributed by atoms with Gasteiger partial charge in [0.2, 0.25) is 11.8 Å². The molecule has 0 saturated heterocycles. The van der Waals surface area contributed by atoms with Crippen molar-refractivity contribution in [3.8, 4) is 11.1 Å². The molecule has 1 aromatic heterocycles. The molecule has 3 rings (SSSR count). The maximum atomic E-state index is 13.2. The second kappa shape index (κ2) is 9.91. The summed E-state index contributed by atoms with van der Waals surface area (Å²) in [5, 5.41) is 3.09. The van der Waals surface area contributed by atoms with Gasteiger partial charge in [0.25, 0.3) is 5.91 Å². The standard InChI is InChI=1S/C24H23NO7/c1-4-30-23(28)19(24(29)31-5-2)25-21(26)20-18(15-12-10-14(3)11-13-15)16-8-6-7-9-17(16)22(27)32-20/h6-13,19H,4-5H2,1-3H3,(H,25,26). The zero-order chi connectivity index (χ0) is 23.3. The zero-order valence-corrected chi connectivity index (χ0v) is 18.0. The van der Waals surface area contributed by atoms with E-state index in [1.165, 1.54) is 0 Å². The van der Waals surface area contributed by atoms with Crippen LogP contribution in [0.25, 0.3) is 21.9 Å². The first kappa shape index (κ1) is 22.7. The number of fused-ring (bicyclic) bond motifs is 1. The highest BCUT2D eigenvalue weighted by Crippen LogP contribution is 2.31. The molecule has 0 aliphatic rings. The monoisotopic (exact) mass is 437 g/mol. The normalized spacial score (nSPS) is 10.8. The van der Waals surface area contributed by atoms with Crippen LogP contribution in [0.15, 0.2) is 57.7 Å². The van der Waals surface area contributed by atoms with Gasteiger partial charge in [-0.25, -0.2) is 14.4 Å². The molecule has 166 valence electrons. The summed E-state index contributed by atoms with van der Waals surface area (Å²) >= 11 is 0. The van der Waals surface area contributed by atoms with E-state index in [1.807, 2.05) is 19.1 Å². The van der Waals surface area contributed by atoms with E-state index in [-0.39, 0.29) is 19.0 Å². The summed E-state index contributed by atoms with van der Waals surface area (Å²) in [6, 6.07) is 12.3. The highest BCUT2D eigenvalue weighted by Gasteiger charge is 2.33. The summed E-state index contributed by atoms with van der Waals surface area (Å²) < 4.78 is 15.1. The van der Waals surface area contributed by atoms with Crippen LogP contribution < -0.4 is 10.9 Å². The molecule has 8 heteroatoms. The lowest BCUT2D eigenvalue weighted by Gasteiger charge is -2.17. The first-order valence-corrected chi connectivity index (χ1v) is 10.1.